The lowest BCUT2D eigenvalue weighted by Crippen LogP contribution is -2.38. The highest BCUT2D eigenvalue weighted by molar-refractivity contribution is 7.09. The maximum absolute atomic E-state index is 13.1. The molecule has 2 rings (SSSR count). The second kappa shape index (κ2) is 9.25. The van der Waals surface area contributed by atoms with Crippen LogP contribution in [0.1, 0.15) is 23.2 Å². The molecule has 0 aliphatic carbocycles. The van der Waals surface area contributed by atoms with Gasteiger partial charge in [0.25, 0.3) is 0 Å². The Hall–Kier alpha value is -1.95. The topological polar surface area (TPSA) is 49.3 Å². The molecule has 1 aromatic heterocycles. The van der Waals surface area contributed by atoms with Gasteiger partial charge in [0.1, 0.15) is 5.82 Å². The highest BCUT2D eigenvalue weighted by Crippen LogP contribution is 2.08. The van der Waals surface area contributed by atoms with Crippen LogP contribution in [0.2, 0.25) is 0 Å². The number of aliphatic imine (C=N–C) groups is 1. The third-order valence-corrected chi connectivity index (χ3v) is 4.07. The molecule has 0 atom stereocenters. The highest BCUT2D eigenvalue weighted by atomic mass is 32.1. The number of guanidine groups is 1. The number of benzene rings is 1. The number of nitrogens with one attached hydrogen (secondary N) is 2. The summed E-state index contributed by atoms with van der Waals surface area (Å²) in [4.78, 5) is 8.99. The van der Waals surface area contributed by atoms with Crippen LogP contribution in [-0.4, -0.2) is 30.6 Å². The molecule has 0 aliphatic heterocycles. The van der Waals surface area contributed by atoms with E-state index < -0.39 is 0 Å². The van der Waals surface area contributed by atoms with Crippen molar-refractivity contribution in [2.75, 3.05) is 19.6 Å². The molecular formula is C17H23FN4S. The van der Waals surface area contributed by atoms with Gasteiger partial charge in [-0.25, -0.2) is 9.37 Å². The van der Waals surface area contributed by atoms with Gasteiger partial charge in [0, 0.05) is 31.4 Å². The Kier molecular flexibility index (Phi) is 7.00. The summed E-state index contributed by atoms with van der Waals surface area (Å²) in [5.74, 6) is 0.595. The fourth-order valence-corrected chi connectivity index (χ4v) is 2.81. The van der Waals surface area contributed by atoms with Gasteiger partial charge in [-0.15, -0.1) is 11.3 Å². The number of aromatic nitrogens is 1. The van der Waals surface area contributed by atoms with E-state index in [4.69, 9.17) is 0 Å². The Morgan fingerprint density at radius 2 is 2.17 bits per heavy atom. The van der Waals surface area contributed by atoms with Crippen LogP contribution in [0.25, 0.3) is 0 Å². The molecule has 0 amide bonds. The average molecular weight is 334 g/mol. The summed E-state index contributed by atoms with van der Waals surface area (Å²) in [6.07, 6.45) is 1.60. The molecule has 0 aliphatic rings. The van der Waals surface area contributed by atoms with E-state index in [0.717, 1.165) is 41.6 Å². The van der Waals surface area contributed by atoms with E-state index in [1.54, 1.807) is 23.5 Å². The molecule has 4 nitrogen and oxygen atoms in total. The summed E-state index contributed by atoms with van der Waals surface area (Å²) in [5.41, 5.74) is 2.07. The lowest BCUT2D eigenvalue weighted by atomic mass is 10.1. The molecule has 1 heterocycles. The Balaban J connectivity index is 1.79. The molecule has 0 radical (unpaired) electrons. The molecular weight excluding hydrogens is 311 g/mol. The SMILES string of the molecule is CCNC(=NCCc1csc(C)n1)NCCc1cccc(F)c1. The minimum Gasteiger partial charge on any atom is -0.357 e. The van der Waals surface area contributed by atoms with Gasteiger partial charge in [-0.1, -0.05) is 12.1 Å². The number of nitrogens with zero attached hydrogens (tertiary/aromatic N) is 2. The molecule has 0 fully saturated rings. The summed E-state index contributed by atoms with van der Waals surface area (Å²) in [5, 5.41) is 9.66. The van der Waals surface area contributed by atoms with Gasteiger partial charge in [0.2, 0.25) is 0 Å². The Labute approximate surface area is 140 Å². The predicted octanol–water partition coefficient (Wildman–Crippen LogP) is 2.93. The van der Waals surface area contributed by atoms with Gasteiger partial charge >= 0.3 is 0 Å². The smallest absolute Gasteiger partial charge is 0.191 e. The molecule has 2 aromatic rings. The number of rotatable bonds is 7. The zero-order valence-electron chi connectivity index (χ0n) is 13.6. The lowest BCUT2D eigenvalue weighted by molar-refractivity contribution is 0.625. The van der Waals surface area contributed by atoms with Gasteiger partial charge in [-0.2, -0.15) is 0 Å². The van der Waals surface area contributed by atoms with Gasteiger partial charge in [0.05, 0.1) is 10.7 Å². The van der Waals surface area contributed by atoms with Crippen LogP contribution in [0.5, 0.6) is 0 Å². The number of thiazole rings is 1. The molecule has 0 saturated heterocycles. The number of hydrogen-bond donors (Lipinski definition) is 2. The van der Waals surface area contributed by atoms with E-state index in [1.165, 1.54) is 6.07 Å². The standard InChI is InChI=1S/C17H23FN4S/c1-3-19-17(21-10-8-16-12-23-13(2)22-16)20-9-7-14-5-4-6-15(18)11-14/h4-6,11-12H,3,7-10H2,1-2H3,(H2,19,20,21). The van der Waals surface area contributed by atoms with Crippen molar-refractivity contribution < 1.29 is 4.39 Å². The summed E-state index contributed by atoms with van der Waals surface area (Å²) >= 11 is 1.66. The van der Waals surface area contributed by atoms with E-state index in [1.807, 2.05) is 19.9 Å². The molecule has 0 spiro atoms. The first-order valence-corrected chi connectivity index (χ1v) is 8.73. The van der Waals surface area contributed by atoms with Crippen molar-refractivity contribution in [1.82, 2.24) is 15.6 Å². The Morgan fingerprint density at radius 1 is 1.30 bits per heavy atom. The van der Waals surface area contributed by atoms with E-state index >= 15 is 0 Å². The third-order valence-electron chi connectivity index (χ3n) is 3.24. The van der Waals surface area contributed by atoms with Crippen LogP contribution in [0, 0.1) is 12.7 Å². The average Bonchev–Trinajstić information content (AvgIpc) is 2.93. The summed E-state index contributed by atoms with van der Waals surface area (Å²) in [6, 6.07) is 6.69. The maximum Gasteiger partial charge on any atom is 0.191 e. The van der Waals surface area contributed by atoms with Crippen LogP contribution in [-0.2, 0) is 12.8 Å². The molecule has 0 saturated carbocycles. The van der Waals surface area contributed by atoms with Crippen molar-refractivity contribution in [3.63, 3.8) is 0 Å². The van der Waals surface area contributed by atoms with Crippen LogP contribution in [0.3, 0.4) is 0 Å². The van der Waals surface area contributed by atoms with Crippen molar-refractivity contribution in [3.8, 4) is 0 Å². The van der Waals surface area contributed by atoms with Crippen LogP contribution < -0.4 is 10.6 Å². The van der Waals surface area contributed by atoms with E-state index in [-0.39, 0.29) is 5.82 Å². The first-order valence-electron chi connectivity index (χ1n) is 7.85. The Morgan fingerprint density at radius 3 is 2.87 bits per heavy atom. The quantitative estimate of drug-likeness (QED) is 0.605. The fraction of sp³-hybridized carbons (Fsp3) is 0.412. The first-order chi connectivity index (χ1) is 11.2. The minimum atomic E-state index is -0.193. The second-order valence-corrected chi connectivity index (χ2v) is 6.24. The summed E-state index contributed by atoms with van der Waals surface area (Å²) in [7, 11) is 0. The van der Waals surface area contributed by atoms with Crippen LogP contribution in [0.15, 0.2) is 34.6 Å². The maximum atomic E-state index is 13.1. The monoisotopic (exact) mass is 334 g/mol. The van der Waals surface area contributed by atoms with Crippen molar-refractivity contribution in [2.45, 2.75) is 26.7 Å². The number of halogens is 1. The lowest BCUT2D eigenvalue weighted by Gasteiger charge is -2.11. The minimum absolute atomic E-state index is 0.193. The summed E-state index contributed by atoms with van der Waals surface area (Å²) in [6.45, 7) is 6.26. The molecule has 23 heavy (non-hydrogen) atoms. The van der Waals surface area contributed by atoms with Gasteiger partial charge in [-0.05, 0) is 38.0 Å². The molecule has 124 valence electrons. The van der Waals surface area contributed by atoms with E-state index in [9.17, 15) is 4.39 Å². The van der Waals surface area contributed by atoms with Gasteiger partial charge < -0.3 is 10.6 Å². The van der Waals surface area contributed by atoms with Crippen molar-refractivity contribution in [2.24, 2.45) is 4.99 Å². The third kappa shape index (κ3) is 6.36. The highest BCUT2D eigenvalue weighted by Gasteiger charge is 2.01. The number of hydrogen-bond acceptors (Lipinski definition) is 3. The van der Waals surface area contributed by atoms with Crippen molar-refractivity contribution in [3.05, 3.63) is 51.7 Å². The van der Waals surface area contributed by atoms with Gasteiger partial charge in [-0.3, -0.25) is 4.99 Å². The normalized spacial score (nSPS) is 11.5. The zero-order chi connectivity index (χ0) is 16.5. The number of aryl methyl sites for hydroxylation is 1. The molecule has 0 unspecified atom stereocenters. The van der Waals surface area contributed by atoms with Crippen LogP contribution >= 0.6 is 11.3 Å². The first kappa shape index (κ1) is 17.4. The fourth-order valence-electron chi connectivity index (χ4n) is 2.16. The second-order valence-electron chi connectivity index (χ2n) is 5.18. The zero-order valence-corrected chi connectivity index (χ0v) is 14.4. The molecule has 6 heteroatoms. The van der Waals surface area contributed by atoms with E-state index in [2.05, 4.69) is 26.0 Å². The Bertz CT molecular complexity index is 639. The molecule has 1 aromatic carbocycles. The van der Waals surface area contributed by atoms with Crippen LogP contribution in [0.4, 0.5) is 4.39 Å². The van der Waals surface area contributed by atoms with Gasteiger partial charge in [0.15, 0.2) is 5.96 Å². The van der Waals surface area contributed by atoms with Crippen molar-refractivity contribution in [1.29, 1.82) is 0 Å². The van der Waals surface area contributed by atoms with Crippen molar-refractivity contribution >= 4 is 17.3 Å². The largest absolute Gasteiger partial charge is 0.357 e. The summed E-state index contributed by atoms with van der Waals surface area (Å²) < 4.78 is 13.1. The van der Waals surface area contributed by atoms with E-state index in [0.29, 0.717) is 13.1 Å². The molecule has 0 bridgehead atoms. The predicted molar refractivity (Wildman–Crippen MR) is 94.6 cm³/mol. The molecule has 2 N–H and O–H groups in total.